The summed E-state index contributed by atoms with van der Waals surface area (Å²) in [4.78, 5) is 9.19. The van der Waals surface area contributed by atoms with Gasteiger partial charge in [0.25, 0.3) is 10.0 Å². The zero-order chi connectivity index (χ0) is 21.8. The molecule has 0 radical (unpaired) electrons. The SMILES string of the molecule is COc1ccc(Nc2nc3ccccc3nc2NS(=O)(=O)c2ccccc2)c(OC)c1. The minimum Gasteiger partial charge on any atom is -0.497 e. The molecule has 2 N–H and O–H groups in total. The van der Waals surface area contributed by atoms with Gasteiger partial charge in [-0.2, -0.15) is 0 Å². The molecular weight excluding hydrogens is 416 g/mol. The van der Waals surface area contributed by atoms with Gasteiger partial charge in [0.1, 0.15) is 11.5 Å². The first-order valence-corrected chi connectivity index (χ1v) is 10.8. The summed E-state index contributed by atoms with van der Waals surface area (Å²) < 4.78 is 39.0. The Kier molecular flexibility index (Phi) is 5.59. The van der Waals surface area contributed by atoms with Crippen molar-refractivity contribution in [2.75, 3.05) is 24.3 Å². The molecule has 4 aromatic rings. The minimum atomic E-state index is -3.87. The van der Waals surface area contributed by atoms with Crippen LogP contribution in [0.2, 0.25) is 0 Å². The monoisotopic (exact) mass is 436 g/mol. The maximum absolute atomic E-state index is 12.9. The molecule has 0 aliphatic carbocycles. The van der Waals surface area contributed by atoms with Gasteiger partial charge in [0.15, 0.2) is 11.6 Å². The molecule has 0 aliphatic heterocycles. The highest BCUT2D eigenvalue weighted by molar-refractivity contribution is 7.92. The average Bonchev–Trinajstić information content (AvgIpc) is 2.80. The molecule has 0 aliphatic rings. The first-order chi connectivity index (χ1) is 15.0. The molecule has 4 rings (SSSR count). The third-order valence-corrected chi connectivity index (χ3v) is 5.87. The van der Waals surface area contributed by atoms with Gasteiger partial charge in [-0.05, 0) is 36.4 Å². The van der Waals surface area contributed by atoms with E-state index >= 15 is 0 Å². The van der Waals surface area contributed by atoms with Crippen molar-refractivity contribution in [2.24, 2.45) is 0 Å². The first kappa shape index (κ1) is 20.4. The van der Waals surface area contributed by atoms with Gasteiger partial charge in [0.05, 0.1) is 35.8 Å². The number of rotatable bonds is 7. The summed E-state index contributed by atoms with van der Waals surface area (Å²) in [6.07, 6.45) is 0. The highest BCUT2D eigenvalue weighted by atomic mass is 32.2. The van der Waals surface area contributed by atoms with E-state index in [1.807, 2.05) is 12.1 Å². The van der Waals surface area contributed by atoms with Crippen LogP contribution < -0.4 is 19.5 Å². The lowest BCUT2D eigenvalue weighted by Gasteiger charge is -2.16. The molecule has 3 aromatic carbocycles. The van der Waals surface area contributed by atoms with Crippen LogP contribution in [0.5, 0.6) is 11.5 Å². The van der Waals surface area contributed by atoms with Gasteiger partial charge in [-0.25, -0.2) is 18.4 Å². The normalized spacial score (nSPS) is 11.2. The molecule has 0 bridgehead atoms. The summed E-state index contributed by atoms with van der Waals surface area (Å²) in [6, 6.07) is 20.5. The standard InChI is InChI=1S/C22H20N4O4S/c1-29-15-12-13-19(20(14-15)30-2)25-21-22(24-18-11-7-6-10-17(18)23-21)26-31(27,28)16-8-4-3-5-9-16/h3-14H,1-2H3,(H,23,25)(H,24,26). The summed E-state index contributed by atoms with van der Waals surface area (Å²) in [5.41, 5.74) is 1.74. The van der Waals surface area contributed by atoms with Crippen molar-refractivity contribution < 1.29 is 17.9 Å². The van der Waals surface area contributed by atoms with Gasteiger partial charge in [0, 0.05) is 6.07 Å². The Labute approximate surface area is 179 Å². The Hall–Kier alpha value is -3.85. The van der Waals surface area contributed by atoms with Crippen LogP contribution in [-0.4, -0.2) is 32.6 Å². The third-order valence-electron chi connectivity index (χ3n) is 4.52. The fourth-order valence-electron chi connectivity index (χ4n) is 2.97. The van der Waals surface area contributed by atoms with Crippen LogP contribution in [0, 0.1) is 0 Å². The van der Waals surface area contributed by atoms with Crippen LogP contribution in [0.4, 0.5) is 17.3 Å². The Balaban J connectivity index is 1.79. The molecule has 1 heterocycles. The Morgan fingerprint density at radius 1 is 0.774 bits per heavy atom. The van der Waals surface area contributed by atoms with E-state index in [9.17, 15) is 8.42 Å². The quantitative estimate of drug-likeness (QED) is 0.448. The molecule has 158 valence electrons. The first-order valence-electron chi connectivity index (χ1n) is 9.34. The van der Waals surface area contributed by atoms with Crippen molar-refractivity contribution in [1.29, 1.82) is 0 Å². The molecule has 9 heteroatoms. The average molecular weight is 436 g/mol. The van der Waals surface area contributed by atoms with Crippen molar-refractivity contribution in [3.63, 3.8) is 0 Å². The van der Waals surface area contributed by atoms with Gasteiger partial charge >= 0.3 is 0 Å². The summed E-state index contributed by atoms with van der Waals surface area (Å²) in [7, 11) is -0.771. The van der Waals surface area contributed by atoms with E-state index in [-0.39, 0.29) is 16.5 Å². The number of anilines is 3. The van der Waals surface area contributed by atoms with E-state index in [0.29, 0.717) is 28.2 Å². The molecule has 0 fully saturated rings. The second-order valence-corrected chi connectivity index (χ2v) is 8.20. The molecule has 0 saturated heterocycles. The van der Waals surface area contributed by atoms with Crippen LogP contribution in [0.3, 0.4) is 0 Å². The van der Waals surface area contributed by atoms with Crippen molar-refractivity contribution >= 4 is 38.4 Å². The van der Waals surface area contributed by atoms with E-state index in [0.717, 1.165) is 0 Å². The molecular formula is C22H20N4O4S. The highest BCUT2D eigenvalue weighted by Crippen LogP contribution is 2.34. The van der Waals surface area contributed by atoms with Crippen molar-refractivity contribution in [1.82, 2.24) is 9.97 Å². The number of nitrogens with one attached hydrogen (secondary N) is 2. The zero-order valence-corrected chi connectivity index (χ0v) is 17.7. The minimum absolute atomic E-state index is 0.0698. The maximum Gasteiger partial charge on any atom is 0.263 e. The van der Waals surface area contributed by atoms with Crippen LogP contribution in [0.15, 0.2) is 77.7 Å². The summed E-state index contributed by atoms with van der Waals surface area (Å²) in [6.45, 7) is 0. The zero-order valence-electron chi connectivity index (χ0n) is 16.9. The number of nitrogens with zero attached hydrogens (tertiary/aromatic N) is 2. The van der Waals surface area contributed by atoms with Crippen LogP contribution in [-0.2, 0) is 10.0 Å². The van der Waals surface area contributed by atoms with Crippen molar-refractivity contribution in [3.8, 4) is 11.5 Å². The number of aromatic nitrogens is 2. The Morgan fingerprint density at radius 3 is 2.06 bits per heavy atom. The Morgan fingerprint density at radius 2 is 1.42 bits per heavy atom. The van der Waals surface area contributed by atoms with Gasteiger partial charge in [-0.1, -0.05) is 30.3 Å². The van der Waals surface area contributed by atoms with Crippen LogP contribution in [0.25, 0.3) is 11.0 Å². The lowest BCUT2D eigenvalue weighted by molar-refractivity contribution is 0.395. The predicted octanol–water partition coefficient (Wildman–Crippen LogP) is 4.19. The van der Waals surface area contributed by atoms with E-state index in [4.69, 9.17) is 9.47 Å². The lowest BCUT2D eigenvalue weighted by atomic mass is 10.2. The van der Waals surface area contributed by atoms with Crippen molar-refractivity contribution in [2.45, 2.75) is 4.90 Å². The molecule has 0 unspecified atom stereocenters. The summed E-state index contributed by atoms with van der Waals surface area (Å²) in [5.74, 6) is 1.44. The molecule has 1 aromatic heterocycles. The van der Waals surface area contributed by atoms with E-state index in [1.165, 1.54) is 19.2 Å². The fraction of sp³-hybridized carbons (Fsp3) is 0.0909. The number of hydrogen-bond donors (Lipinski definition) is 2. The Bertz CT molecular complexity index is 1330. The topological polar surface area (TPSA) is 102 Å². The highest BCUT2D eigenvalue weighted by Gasteiger charge is 2.19. The van der Waals surface area contributed by atoms with Gasteiger partial charge in [-0.15, -0.1) is 0 Å². The number of methoxy groups -OCH3 is 2. The number of hydrogen-bond acceptors (Lipinski definition) is 7. The second kappa shape index (κ2) is 8.49. The molecule has 0 amide bonds. The summed E-state index contributed by atoms with van der Waals surface area (Å²) >= 11 is 0. The fourth-order valence-corrected chi connectivity index (χ4v) is 4.00. The van der Waals surface area contributed by atoms with E-state index in [1.54, 1.807) is 55.6 Å². The van der Waals surface area contributed by atoms with Gasteiger partial charge < -0.3 is 14.8 Å². The van der Waals surface area contributed by atoms with Gasteiger partial charge in [0.2, 0.25) is 0 Å². The second-order valence-electron chi connectivity index (χ2n) is 6.52. The smallest absolute Gasteiger partial charge is 0.263 e. The van der Waals surface area contributed by atoms with Crippen LogP contribution >= 0.6 is 0 Å². The largest absolute Gasteiger partial charge is 0.497 e. The predicted molar refractivity (Wildman–Crippen MR) is 120 cm³/mol. The lowest BCUT2D eigenvalue weighted by Crippen LogP contribution is -2.16. The molecule has 0 atom stereocenters. The molecule has 0 spiro atoms. The number of sulfonamides is 1. The molecule has 0 saturated carbocycles. The summed E-state index contributed by atoms with van der Waals surface area (Å²) in [5, 5.41) is 3.13. The number of para-hydroxylation sites is 2. The van der Waals surface area contributed by atoms with E-state index < -0.39 is 10.0 Å². The number of benzene rings is 3. The number of fused-ring (bicyclic) bond motifs is 1. The van der Waals surface area contributed by atoms with E-state index in [2.05, 4.69) is 20.0 Å². The third kappa shape index (κ3) is 4.36. The molecule has 8 nitrogen and oxygen atoms in total. The maximum atomic E-state index is 12.9. The number of ether oxygens (including phenoxy) is 2. The molecule has 31 heavy (non-hydrogen) atoms. The van der Waals surface area contributed by atoms with Gasteiger partial charge in [-0.3, -0.25) is 4.72 Å². The van der Waals surface area contributed by atoms with Crippen LogP contribution in [0.1, 0.15) is 0 Å². The van der Waals surface area contributed by atoms with Crippen molar-refractivity contribution in [3.05, 3.63) is 72.8 Å².